The molecule has 1 atom stereocenters. The minimum absolute atomic E-state index is 0.0991. The number of aromatic nitrogens is 4. The molecule has 0 saturated heterocycles. The molecule has 206 valence electrons. The molecule has 10 heteroatoms. The molecular formula is C31H29N7O2S. The predicted molar refractivity (Wildman–Crippen MR) is 165 cm³/mol. The maximum Gasteiger partial charge on any atom is 0.264 e. The van der Waals surface area contributed by atoms with Gasteiger partial charge in [-0.25, -0.2) is 4.98 Å². The molecule has 41 heavy (non-hydrogen) atoms. The number of fused-ring (bicyclic) bond motifs is 1. The maximum absolute atomic E-state index is 14.2. The van der Waals surface area contributed by atoms with Crippen LogP contribution in [-0.4, -0.2) is 31.8 Å². The number of para-hydroxylation sites is 1. The first-order valence-corrected chi connectivity index (χ1v) is 13.8. The van der Waals surface area contributed by atoms with Crippen LogP contribution >= 0.6 is 11.3 Å². The van der Waals surface area contributed by atoms with Crippen molar-refractivity contribution in [1.82, 2.24) is 24.6 Å². The monoisotopic (exact) mass is 563 g/mol. The van der Waals surface area contributed by atoms with Gasteiger partial charge in [0.2, 0.25) is 0 Å². The van der Waals surface area contributed by atoms with Crippen molar-refractivity contribution in [3.63, 3.8) is 0 Å². The lowest BCUT2D eigenvalue weighted by Gasteiger charge is -2.21. The largest absolute Gasteiger partial charge is 0.381 e. The Morgan fingerprint density at radius 2 is 1.98 bits per heavy atom. The number of nitrogens with one attached hydrogen (secondary N) is 2. The van der Waals surface area contributed by atoms with Crippen LogP contribution in [0.4, 0.5) is 11.6 Å². The molecule has 3 aromatic heterocycles. The van der Waals surface area contributed by atoms with Gasteiger partial charge in [-0.15, -0.1) is 17.9 Å². The third-order valence-corrected chi connectivity index (χ3v) is 7.37. The lowest BCUT2D eigenvalue weighted by atomic mass is 10.0. The molecule has 0 fully saturated rings. The summed E-state index contributed by atoms with van der Waals surface area (Å²) in [6, 6.07) is 16.3. The number of thiazole rings is 1. The number of carbonyl (C=O) groups excluding carboxylic acids is 1. The third-order valence-electron chi connectivity index (χ3n) is 6.54. The molecule has 2 aromatic carbocycles. The summed E-state index contributed by atoms with van der Waals surface area (Å²) < 4.78 is 3.14. The number of pyridine rings is 1. The van der Waals surface area contributed by atoms with E-state index < -0.39 is 11.9 Å². The molecule has 0 radical (unpaired) electrons. The molecule has 9 nitrogen and oxygen atoms in total. The van der Waals surface area contributed by atoms with E-state index in [2.05, 4.69) is 39.1 Å². The number of hydrogen-bond acceptors (Lipinski definition) is 7. The van der Waals surface area contributed by atoms with Gasteiger partial charge in [-0.3, -0.25) is 18.8 Å². The van der Waals surface area contributed by atoms with E-state index in [-0.39, 0.29) is 16.9 Å². The van der Waals surface area contributed by atoms with Gasteiger partial charge < -0.3 is 16.4 Å². The maximum atomic E-state index is 14.2. The number of nitrogens with two attached hydrogens (primary N) is 1. The zero-order chi connectivity index (χ0) is 29.1. The second kappa shape index (κ2) is 11.5. The number of carbonyl (C=O) groups is 1. The molecule has 4 N–H and O–H groups in total. The first-order chi connectivity index (χ1) is 19.8. The van der Waals surface area contributed by atoms with Crippen LogP contribution in [0.25, 0.3) is 16.5 Å². The topological polar surface area (TPSA) is 120 Å². The van der Waals surface area contributed by atoms with E-state index in [1.807, 2.05) is 68.4 Å². The Bertz CT molecular complexity index is 1890. The summed E-state index contributed by atoms with van der Waals surface area (Å²) in [5.41, 5.74) is 8.00. The van der Waals surface area contributed by atoms with Crippen molar-refractivity contribution in [1.29, 1.82) is 0 Å². The Morgan fingerprint density at radius 1 is 1.20 bits per heavy atom. The number of benzene rings is 2. The van der Waals surface area contributed by atoms with Crippen LogP contribution in [0.3, 0.4) is 0 Å². The molecule has 0 spiro atoms. The number of amides is 1. The number of anilines is 2. The second-order valence-electron chi connectivity index (χ2n) is 9.41. The lowest BCUT2D eigenvalue weighted by Crippen LogP contribution is -2.32. The zero-order valence-corrected chi connectivity index (χ0v) is 23.7. The Morgan fingerprint density at radius 3 is 2.68 bits per heavy atom. The summed E-state index contributed by atoms with van der Waals surface area (Å²) in [6.07, 6.45) is 3.41. The highest BCUT2D eigenvalue weighted by atomic mass is 32.1. The molecule has 5 rings (SSSR count). The first-order valence-electron chi connectivity index (χ1n) is 12.9. The average Bonchev–Trinajstić information content (AvgIpc) is 3.51. The van der Waals surface area contributed by atoms with E-state index in [1.165, 1.54) is 16.0 Å². The summed E-state index contributed by atoms with van der Waals surface area (Å²) in [5, 5.41) is 12.5. The fourth-order valence-electron chi connectivity index (χ4n) is 4.68. The van der Waals surface area contributed by atoms with Gasteiger partial charge in [0.15, 0.2) is 5.82 Å². The van der Waals surface area contributed by atoms with Crippen molar-refractivity contribution in [3.05, 3.63) is 111 Å². The first kappa shape index (κ1) is 27.4. The van der Waals surface area contributed by atoms with Gasteiger partial charge in [-0.05, 0) is 49.4 Å². The number of aryl methyl sites for hydroxylation is 2. The van der Waals surface area contributed by atoms with Gasteiger partial charge in [-0.2, -0.15) is 5.10 Å². The van der Waals surface area contributed by atoms with E-state index in [9.17, 15) is 9.59 Å². The quantitative estimate of drug-likeness (QED) is 0.197. The Kier molecular flexibility index (Phi) is 7.72. The molecule has 5 aromatic rings. The number of hydrogen-bond donors (Lipinski definition) is 3. The van der Waals surface area contributed by atoms with Gasteiger partial charge in [0.1, 0.15) is 11.4 Å². The molecule has 3 heterocycles. The van der Waals surface area contributed by atoms with E-state index in [4.69, 9.17) is 5.73 Å². The van der Waals surface area contributed by atoms with Crippen LogP contribution in [-0.2, 0) is 7.05 Å². The van der Waals surface area contributed by atoms with Crippen LogP contribution in [0.15, 0.2) is 78.2 Å². The van der Waals surface area contributed by atoms with Crippen molar-refractivity contribution in [2.24, 2.45) is 7.05 Å². The van der Waals surface area contributed by atoms with Crippen molar-refractivity contribution < 1.29 is 4.79 Å². The summed E-state index contributed by atoms with van der Waals surface area (Å²) in [5.74, 6) is 6.47. The van der Waals surface area contributed by atoms with Crippen LogP contribution in [0.1, 0.15) is 44.5 Å². The van der Waals surface area contributed by atoms with Crippen molar-refractivity contribution in [3.8, 4) is 17.5 Å². The molecular weight excluding hydrogens is 534 g/mol. The molecule has 0 aliphatic heterocycles. The van der Waals surface area contributed by atoms with Gasteiger partial charge in [0.25, 0.3) is 11.5 Å². The predicted octanol–water partition coefficient (Wildman–Crippen LogP) is 4.56. The SMILES string of the molecule is C=CCNc1c(C(=O)NC(C)c2cc3cccc(C#Cc4cnc(C)s4)c3c(=O)n2-c2ccccc2)c(N)nn1C. The van der Waals surface area contributed by atoms with Gasteiger partial charge >= 0.3 is 0 Å². The number of rotatable bonds is 7. The summed E-state index contributed by atoms with van der Waals surface area (Å²) in [4.78, 5) is 32.8. The van der Waals surface area contributed by atoms with E-state index in [1.54, 1.807) is 23.9 Å². The summed E-state index contributed by atoms with van der Waals surface area (Å²) >= 11 is 1.50. The van der Waals surface area contributed by atoms with Gasteiger partial charge in [-0.1, -0.05) is 42.3 Å². The van der Waals surface area contributed by atoms with Crippen molar-refractivity contribution in [2.45, 2.75) is 19.9 Å². The average molecular weight is 564 g/mol. The second-order valence-corrected chi connectivity index (χ2v) is 10.6. The molecule has 1 unspecified atom stereocenters. The summed E-state index contributed by atoms with van der Waals surface area (Å²) in [6.45, 7) is 7.90. The highest BCUT2D eigenvalue weighted by Gasteiger charge is 2.25. The zero-order valence-electron chi connectivity index (χ0n) is 22.9. The molecule has 0 aliphatic carbocycles. The fraction of sp³-hybridized carbons (Fsp3) is 0.161. The van der Waals surface area contributed by atoms with E-state index in [0.717, 1.165) is 15.3 Å². The van der Waals surface area contributed by atoms with Crippen LogP contribution in [0, 0.1) is 18.8 Å². The number of nitrogen functional groups attached to an aromatic ring is 1. The van der Waals surface area contributed by atoms with Crippen LogP contribution in [0.2, 0.25) is 0 Å². The standard InChI is InChI=1S/C31H29N7O2S/c1-5-16-33-29-27(28(32)36-37(29)4)30(39)35-19(2)25-17-22-11-9-10-21(14-15-24-18-34-20(3)41-24)26(22)31(40)38(25)23-12-7-6-8-13-23/h5-13,17-19,33H,1,16H2,2-4H3,(H2,32,36)(H,35,39). The Hall–Kier alpha value is -5.14. The molecule has 0 saturated carbocycles. The molecule has 0 bridgehead atoms. The summed E-state index contributed by atoms with van der Waals surface area (Å²) in [7, 11) is 1.70. The highest BCUT2D eigenvalue weighted by molar-refractivity contribution is 7.12. The Labute approximate surface area is 241 Å². The van der Waals surface area contributed by atoms with E-state index in [0.29, 0.717) is 34.7 Å². The van der Waals surface area contributed by atoms with E-state index >= 15 is 0 Å². The van der Waals surface area contributed by atoms with Gasteiger partial charge in [0.05, 0.1) is 27.5 Å². The number of nitrogens with zero attached hydrogens (tertiary/aromatic N) is 4. The highest BCUT2D eigenvalue weighted by Crippen LogP contribution is 2.26. The van der Waals surface area contributed by atoms with Crippen molar-refractivity contribution >= 4 is 39.7 Å². The minimum atomic E-state index is -0.568. The smallest absolute Gasteiger partial charge is 0.264 e. The third kappa shape index (κ3) is 5.48. The van der Waals surface area contributed by atoms with Crippen molar-refractivity contribution in [2.75, 3.05) is 17.6 Å². The minimum Gasteiger partial charge on any atom is -0.381 e. The molecule has 1 amide bonds. The van der Waals surface area contributed by atoms with Crippen LogP contribution < -0.4 is 21.9 Å². The molecule has 0 aliphatic rings. The lowest BCUT2D eigenvalue weighted by molar-refractivity contribution is 0.0940. The Balaban J connectivity index is 1.62. The van der Waals surface area contributed by atoms with Crippen LogP contribution in [0.5, 0.6) is 0 Å². The van der Waals surface area contributed by atoms with Gasteiger partial charge in [0, 0.05) is 30.5 Å². The fourth-order valence-corrected chi connectivity index (χ4v) is 5.31. The normalized spacial score (nSPS) is 11.5.